The van der Waals surface area contributed by atoms with Crippen molar-refractivity contribution in [1.82, 2.24) is 5.16 Å². The highest BCUT2D eigenvalue weighted by Gasteiger charge is 2.13. The number of nitrogens with zero attached hydrogens (tertiary/aromatic N) is 1. The average molecular weight is 246 g/mol. The van der Waals surface area contributed by atoms with Crippen molar-refractivity contribution in [2.45, 2.75) is 20.3 Å². The first kappa shape index (κ1) is 12.2. The number of phenolic OH excluding ortho intramolecular Hbond substituents is 1. The fraction of sp³-hybridized carbons (Fsp3) is 0.231. The minimum Gasteiger partial charge on any atom is -0.508 e. The van der Waals surface area contributed by atoms with Gasteiger partial charge < -0.3 is 9.63 Å². The largest absolute Gasteiger partial charge is 0.508 e. The highest BCUT2D eigenvalue weighted by atomic mass is 16.5. The van der Waals surface area contributed by atoms with E-state index < -0.39 is 0 Å². The van der Waals surface area contributed by atoms with Crippen LogP contribution in [0.15, 0.2) is 28.8 Å². The molecule has 1 aromatic heterocycles. The fourth-order valence-corrected chi connectivity index (χ4v) is 1.54. The Hall–Kier alpha value is -2.30. The van der Waals surface area contributed by atoms with Gasteiger partial charge in [-0.2, -0.15) is 0 Å². The van der Waals surface area contributed by atoms with Gasteiger partial charge >= 0.3 is 0 Å². The lowest BCUT2D eigenvalue weighted by Crippen LogP contribution is -2.14. The third-order valence-corrected chi connectivity index (χ3v) is 2.75. The summed E-state index contributed by atoms with van der Waals surface area (Å²) in [5.41, 5.74) is 2.12. The van der Waals surface area contributed by atoms with Gasteiger partial charge in [0.25, 0.3) is 0 Å². The number of carbonyl (C=O) groups is 1. The van der Waals surface area contributed by atoms with Crippen molar-refractivity contribution in [1.29, 1.82) is 0 Å². The number of carbonyl (C=O) groups excluding carboxylic acids is 1. The number of hydrogen-bond donors (Lipinski definition) is 2. The van der Waals surface area contributed by atoms with Crippen molar-refractivity contribution in [2.24, 2.45) is 0 Å². The number of aryl methyl sites for hydroxylation is 1. The van der Waals surface area contributed by atoms with Crippen molar-refractivity contribution >= 4 is 11.8 Å². The molecule has 1 amide bonds. The van der Waals surface area contributed by atoms with Crippen molar-refractivity contribution < 1.29 is 14.4 Å². The van der Waals surface area contributed by atoms with Crippen LogP contribution in [-0.4, -0.2) is 16.2 Å². The van der Waals surface area contributed by atoms with Gasteiger partial charge in [0, 0.05) is 11.1 Å². The van der Waals surface area contributed by atoms with Crippen LogP contribution in [-0.2, 0) is 11.2 Å². The zero-order valence-corrected chi connectivity index (χ0v) is 10.2. The van der Waals surface area contributed by atoms with Crippen LogP contribution in [0.5, 0.6) is 5.75 Å². The van der Waals surface area contributed by atoms with Crippen LogP contribution in [0, 0.1) is 13.8 Å². The molecule has 0 radical (unpaired) electrons. The van der Waals surface area contributed by atoms with Gasteiger partial charge in [0.1, 0.15) is 5.75 Å². The molecule has 0 aliphatic carbocycles. The number of aromatic hydroxyl groups is 1. The quantitative estimate of drug-likeness (QED) is 0.870. The number of hydrogen-bond acceptors (Lipinski definition) is 4. The molecule has 0 aliphatic rings. The third-order valence-electron chi connectivity index (χ3n) is 2.75. The molecule has 0 atom stereocenters. The van der Waals surface area contributed by atoms with E-state index in [0.29, 0.717) is 11.4 Å². The summed E-state index contributed by atoms with van der Waals surface area (Å²) in [5.74, 6) is 0.210. The molecule has 1 heterocycles. The van der Waals surface area contributed by atoms with Crippen LogP contribution in [0.2, 0.25) is 0 Å². The first-order chi connectivity index (χ1) is 8.58. The van der Waals surface area contributed by atoms with E-state index in [2.05, 4.69) is 10.5 Å². The molecule has 0 unspecified atom stereocenters. The highest BCUT2D eigenvalue weighted by Crippen LogP contribution is 2.19. The summed E-state index contributed by atoms with van der Waals surface area (Å²) in [7, 11) is 0. The molecule has 0 saturated heterocycles. The van der Waals surface area contributed by atoms with Gasteiger partial charge in [-0.1, -0.05) is 23.4 Å². The predicted molar refractivity (Wildman–Crippen MR) is 66.4 cm³/mol. The molecule has 2 aromatic rings. The number of aromatic nitrogens is 1. The van der Waals surface area contributed by atoms with Crippen LogP contribution in [0.25, 0.3) is 0 Å². The molecule has 5 heteroatoms. The van der Waals surface area contributed by atoms with Crippen molar-refractivity contribution in [3.63, 3.8) is 0 Å². The second kappa shape index (κ2) is 4.91. The Kier molecular flexibility index (Phi) is 3.32. The standard InChI is InChI=1S/C13H14N2O3/c1-8-9(2)15-18-13(8)14-12(17)7-10-5-3-4-6-11(10)16/h3-6,16H,7H2,1-2H3,(H,14,17). The van der Waals surface area contributed by atoms with Gasteiger partial charge in [-0.05, 0) is 19.9 Å². The van der Waals surface area contributed by atoms with Crippen LogP contribution in [0.1, 0.15) is 16.8 Å². The normalized spacial score (nSPS) is 10.3. The summed E-state index contributed by atoms with van der Waals surface area (Å²) in [6.07, 6.45) is 0.0891. The Labute approximate surface area is 104 Å². The monoisotopic (exact) mass is 246 g/mol. The third kappa shape index (κ3) is 2.51. The van der Waals surface area contributed by atoms with Crippen molar-refractivity contribution in [3.8, 4) is 5.75 Å². The first-order valence-corrected chi connectivity index (χ1v) is 5.57. The molecule has 2 rings (SSSR count). The van der Waals surface area contributed by atoms with Crippen LogP contribution in [0.3, 0.4) is 0 Å². The molecule has 0 fully saturated rings. The summed E-state index contributed by atoms with van der Waals surface area (Å²) in [6.45, 7) is 3.62. The molecule has 0 saturated carbocycles. The Morgan fingerprint density at radius 1 is 1.39 bits per heavy atom. The number of phenols is 1. The van der Waals surface area contributed by atoms with E-state index in [1.165, 1.54) is 0 Å². The molecule has 0 aliphatic heterocycles. The van der Waals surface area contributed by atoms with Gasteiger partial charge in [0.05, 0.1) is 12.1 Å². The maximum Gasteiger partial charge on any atom is 0.234 e. The smallest absolute Gasteiger partial charge is 0.234 e. The molecular weight excluding hydrogens is 232 g/mol. The molecular formula is C13H14N2O3. The SMILES string of the molecule is Cc1noc(NC(=O)Cc2ccccc2O)c1C. The summed E-state index contributed by atoms with van der Waals surface area (Å²) in [5, 5.41) is 16.0. The van der Waals surface area contributed by atoms with E-state index in [1.54, 1.807) is 31.2 Å². The number of benzene rings is 1. The second-order valence-electron chi connectivity index (χ2n) is 4.08. The van der Waals surface area contributed by atoms with Gasteiger partial charge in [0.2, 0.25) is 11.8 Å². The van der Waals surface area contributed by atoms with E-state index in [9.17, 15) is 9.90 Å². The minimum atomic E-state index is -0.254. The minimum absolute atomic E-state index is 0.0891. The molecule has 5 nitrogen and oxygen atoms in total. The first-order valence-electron chi connectivity index (χ1n) is 5.57. The van der Waals surface area contributed by atoms with Crippen LogP contribution >= 0.6 is 0 Å². The number of para-hydroxylation sites is 1. The van der Waals surface area contributed by atoms with E-state index in [4.69, 9.17) is 4.52 Å². The van der Waals surface area contributed by atoms with Gasteiger partial charge in [-0.15, -0.1) is 0 Å². The van der Waals surface area contributed by atoms with Gasteiger partial charge in [-0.3, -0.25) is 10.1 Å². The van der Waals surface area contributed by atoms with Crippen molar-refractivity contribution in [2.75, 3.05) is 5.32 Å². The van der Waals surface area contributed by atoms with Crippen molar-refractivity contribution in [3.05, 3.63) is 41.1 Å². The average Bonchev–Trinajstić information content (AvgIpc) is 2.64. The van der Waals surface area contributed by atoms with E-state index >= 15 is 0 Å². The Morgan fingerprint density at radius 2 is 2.11 bits per heavy atom. The number of rotatable bonds is 3. The van der Waals surface area contributed by atoms with E-state index in [1.807, 2.05) is 6.92 Å². The Bertz CT molecular complexity index is 575. The van der Waals surface area contributed by atoms with Gasteiger partial charge in [0.15, 0.2) is 0 Å². The molecule has 18 heavy (non-hydrogen) atoms. The lowest BCUT2D eigenvalue weighted by Gasteiger charge is -2.04. The van der Waals surface area contributed by atoms with Gasteiger partial charge in [-0.25, -0.2) is 0 Å². The van der Waals surface area contributed by atoms with Crippen LogP contribution in [0.4, 0.5) is 5.88 Å². The summed E-state index contributed by atoms with van der Waals surface area (Å²) < 4.78 is 4.99. The molecule has 1 aromatic carbocycles. The second-order valence-corrected chi connectivity index (χ2v) is 4.08. The van der Waals surface area contributed by atoms with E-state index in [-0.39, 0.29) is 18.1 Å². The molecule has 0 spiro atoms. The lowest BCUT2D eigenvalue weighted by molar-refractivity contribution is -0.115. The molecule has 0 bridgehead atoms. The topological polar surface area (TPSA) is 75.4 Å². The molecule has 2 N–H and O–H groups in total. The zero-order valence-electron chi connectivity index (χ0n) is 10.2. The zero-order chi connectivity index (χ0) is 13.1. The Morgan fingerprint density at radius 3 is 2.72 bits per heavy atom. The maximum absolute atomic E-state index is 11.8. The number of amides is 1. The van der Waals surface area contributed by atoms with Crippen LogP contribution < -0.4 is 5.32 Å². The number of nitrogens with one attached hydrogen (secondary N) is 1. The highest BCUT2D eigenvalue weighted by molar-refractivity contribution is 5.92. The summed E-state index contributed by atoms with van der Waals surface area (Å²) in [6, 6.07) is 6.73. The lowest BCUT2D eigenvalue weighted by atomic mass is 10.1. The predicted octanol–water partition coefficient (Wildman–Crippen LogP) is 2.18. The van der Waals surface area contributed by atoms with E-state index in [0.717, 1.165) is 11.3 Å². The molecule has 94 valence electrons. The number of anilines is 1. The maximum atomic E-state index is 11.8. The fourth-order valence-electron chi connectivity index (χ4n) is 1.54. The summed E-state index contributed by atoms with van der Waals surface area (Å²) in [4.78, 5) is 11.8. The summed E-state index contributed by atoms with van der Waals surface area (Å²) >= 11 is 0. The Balaban J connectivity index is 2.06.